The predicted octanol–water partition coefficient (Wildman–Crippen LogP) is 3.40. The Hall–Kier alpha value is -2.69. The van der Waals surface area contributed by atoms with Crippen molar-refractivity contribution in [2.24, 2.45) is 5.92 Å². The van der Waals surface area contributed by atoms with Gasteiger partial charge in [0, 0.05) is 19.0 Å². The van der Waals surface area contributed by atoms with Crippen LogP contribution in [0.15, 0.2) is 48.5 Å². The molecule has 26 heavy (non-hydrogen) atoms. The zero-order valence-electron chi connectivity index (χ0n) is 15.1. The standard InChI is InChI=1S/C21H25NO4/c1-16-7-2-4-10-19(16)25-14-17-8-6-12-22(13-17)21(24)15-26-20-11-5-3-9-18(20)23/h2-5,7,9-11,17,23H,6,8,12-15H2,1H3/t17-/m1/s1. The van der Waals surface area contributed by atoms with E-state index < -0.39 is 0 Å². The van der Waals surface area contributed by atoms with E-state index in [9.17, 15) is 9.90 Å². The zero-order valence-corrected chi connectivity index (χ0v) is 15.1. The fourth-order valence-electron chi connectivity index (χ4n) is 3.16. The van der Waals surface area contributed by atoms with Gasteiger partial charge in [-0.2, -0.15) is 0 Å². The third kappa shape index (κ3) is 4.69. The highest BCUT2D eigenvalue weighted by atomic mass is 16.5. The van der Waals surface area contributed by atoms with E-state index in [1.165, 1.54) is 0 Å². The Balaban J connectivity index is 1.49. The molecular formula is C21H25NO4. The maximum absolute atomic E-state index is 12.4. The van der Waals surface area contributed by atoms with Gasteiger partial charge in [-0.3, -0.25) is 4.79 Å². The van der Waals surface area contributed by atoms with Gasteiger partial charge >= 0.3 is 0 Å². The number of aromatic hydroxyl groups is 1. The van der Waals surface area contributed by atoms with Gasteiger partial charge in [0.2, 0.25) is 0 Å². The Morgan fingerprint density at radius 2 is 1.85 bits per heavy atom. The second kappa shape index (κ2) is 8.61. The van der Waals surface area contributed by atoms with Gasteiger partial charge in [-0.25, -0.2) is 0 Å². The van der Waals surface area contributed by atoms with Gasteiger partial charge in [0.25, 0.3) is 5.91 Å². The number of amides is 1. The molecule has 3 rings (SSSR count). The smallest absolute Gasteiger partial charge is 0.260 e. The van der Waals surface area contributed by atoms with Crippen LogP contribution < -0.4 is 9.47 Å². The molecule has 1 N–H and O–H groups in total. The van der Waals surface area contributed by atoms with Crippen molar-refractivity contribution in [3.8, 4) is 17.2 Å². The molecule has 138 valence electrons. The number of carbonyl (C=O) groups is 1. The van der Waals surface area contributed by atoms with Crippen molar-refractivity contribution in [2.75, 3.05) is 26.3 Å². The average molecular weight is 355 g/mol. The minimum absolute atomic E-state index is 0.0449. The SMILES string of the molecule is Cc1ccccc1OC[C@@H]1CCCN(C(=O)COc2ccccc2O)C1. The van der Waals surface area contributed by atoms with Crippen molar-refractivity contribution in [3.05, 3.63) is 54.1 Å². The first kappa shape index (κ1) is 18.1. The third-order valence-corrected chi connectivity index (χ3v) is 4.66. The van der Waals surface area contributed by atoms with Crippen LogP contribution in [-0.4, -0.2) is 42.2 Å². The number of benzene rings is 2. The van der Waals surface area contributed by atoms with E-state index in [2.05, 4.69) is 0 Å². The number of phenols is 1. The fourth-order valence-corrected chi connectivity index (χ4v) is 3.16. The lowest BCUT2D eigenvalue weighted by Gasteiger charge is -2.32. The topological polar surface area (TPSA) is 59.0 Å². The van der Waals surface area contributed by atoms with Gasteiger partial charge in [0.15, 0.2) is 18.1 Å². The van der Waals surface area contributed by atoms with E-state index in [0.717, 1.165) is 30.7 Å². The monoisotopic (exact) mass is 355 g/mol. The lowest BCUT2D eigenvalue weighted by molar-refractivity contribution is -0.135. The number of para-hydroxylation sites is 3. The van der Waals surface area contributed by atoms with Crippen molar-refractivity contribution in [2.45, 2.75) is 19.8 Å². The first-order valence-corrected chi connectivity index (χ1v) is 9.00. The van der Waals surface area contributed by atoms with Crippen LogP contribution >= 0.6 is 0 Å². The van der Waals surface area contributed by atoms with E-state index in [-0.39, 0.29) is 18.3 Å². The van der Waals surface area contributed by atoms with Crippen LogP contribution in [0.2, 0.25) is 0 Å². The summed E-state index contributed by atoms with van der Waals surface area (Å²) in [5.74, 6) is 1.53. The zero-order chi connectivity index (χ0) is 18.4. The molecule has 1 saturated heterocycles. The Morgan fingerprint density at radius 1 is 1.12 bits per heavy atom. The summed E-state index contributed by atoms with van der Waals surface area (Å²) in [4.78, 5) is 14.3. The molecule has 1 fully saturated rings. The Bertz CT molecular complexity index is 746. The molecule has 0 aliphatic carbocycles. The summed E-state index contributed by atoms with van der Waals surface area (Å²) in [6.07, 6.45) is 2.01. The van der Waals surface area contributed by atoms with Crippen LogP contribution in [-0.2, 0) is 4.79 Å². The van der Waals surface area contributed by atoms with Crippen LogP contribution in [0.5, 0.6) is 17.2 Å². The maximum Gasteiger partial charge on any atom is 0.260 e. The van der Waals surface area contributed by atoms with Gasteiger partial charge in [0.1, 0.15) is 5.75 Å². The largest absolute Gasteiger partial charge is 0.504 e. The number of ether oxygens (including phenoxy) is 2. The molecule has 5 heteroatoms. The Kier molecular flexibility index (Phi) is 6.00. The number of phenolic OH excluding ortho intramolecular Hbond substituents is 1. The molecule has 2 aromatic rings. The molecule has 0 bridgehead atoms. The summed E-state index contributed by atoms with van der Waals surface area (Å²) in [6, 6.07) is 14.6. The summed E-state index contributed by atoms with van der Waals surface area (Å²) in [5.41, 5.74) is 1.12. The van der Waals surface area contributed by atoms with Crippen molar-refractivity contribution in [1.82, 2.24) is 4.90 Å². The number of piperidine rings is 1. The number of hydrogen-bond acceptors (Lipinski definition) is 4. The molecule has 0 spiro atoms. The molecule has 0 aromatic heterocycles. The van der Waals surface area contributed by atoms with Gasteiger partial charge in [0.05, 0.1) is 6.61 Å². The molecular weight excluding hydrogens is 330 g/mol. The van der Waals surface area contributed by atoms with Crippen LogP contribution in [0.4, 0.5) is 0 Å². The van der Waals surface area contributed by atoms with Crippen LogP contribution in [0.3, 0.4) is 0 Å². The number of carbonyl (C=O) groups excluding carboxylic acids is 1. The molecule has 5 nitrogen and oxygen atoms in total. The first-order chi connectivity index (χ1) is 12.6. The normalized spacial score (nSPS) is 17.0. The molecule has 1 amide bonds. The molecule has 0 saturated carbocycles. The van der Waals surface area contributed by atoms with Gasteiger partial charge < -0.3 is 19.5 Å². The Labute approximate surface area is 154 Å². The lowest BCUT2D eigenvalue weighted by atomic mass is 9.99. The van der Waals surface area contributed by atoms with Gasteiger partial charge in [-0.05, 0) is 43.5 Å². The number of likely N-dealkylation sites (tertiary alicyclic amines) is 1. The molecule has 1 aliphatic heterocycles. The number of hydrogen-bond donors (Lipinski definition) is 1. The highest BCUT2D eigenvalue weighted by Gasteiger charge is 2.24. The van der Waals surface area contributed by atoms with Crippen LogP contribution in [0, 0.1) is 12.8 Å². The van der Waals surface area contributed by atoms with Gasteiger partial charge in [-0.15, -0.1) is 0 Å². The second-order valence-corrected chi connectivity index (χ2v) is 6.68. The summed E-state index contributed by atoms with van der Waals surface area (Å²) in [6.45, 7) is 3.99. The molecule has 1 heterocycles. The van der Waals surface area contributed by atoms with E-state index in [1.54, 1.807) is 24.3 Å². The summed E-state index contributed by atoms with van der Waals surface area (Å²) in [5, 5.41) is 9.71. The minimum Gasteiger partial charge on any atom is -0.504 e. The minimum atomic E-state index is -0.0665. The lowest BCUT2D eigenvalue weighted by Crippen LogP contribution is -2.43. The fraction of sp³-hybridized carbons (Fsp3) is 0.381. The van der Waals surface area contributed by atoms with E-state index in [0.29, 0.717) is 24.8 Å². The highest BCUT2D eigenvalue weighted by Crippen LogP contribution is 2.25. The van der Waals surface area contributed by atoms with Crippen molar-refractivity contribution in [3.63, 3.8) is 0 Å². The average Bonchev–Trinajstić information content (AvgIpc) is 2.67. The quantitative estimate of drug-likeness (QED) is 0.863. The molecule has 2 aromatic carbocycles. The number of aryl methyl sites for hydroxylation is 1. The number of nitrogens with zero attached hydrogens (tertiary/aromatic N) is 1. The van der Waals surface area contributed by atoms with Crippen LogP contribution in [0.25, 0.3) is 0 Å². The molecule has 0 radical (unpaired) electrons. The second-order valence-electron chi connectivity index (χ2n) is 6.68. The van der Waals surface area contributed by atoms with Crippen molar-refractivity contribution in [1.29, 1.82) is 0 Å². The molecule has 0 unspecified atom stereocenters. The molecule has 1 aliphatic rings. The maximum atomic E-state index is 12.4. The third-order valence-electron chi connectivity index (χ3n) is 4.66. The predicted molar refractivity (Wildman–Crippen MR) is 99.6 cm³/mol. The van der Waals surface area contributed by atoms with E-state index >= 15 is 0 Å². The van der Waals surface area contributed by atoms with Crippen LogP contribution in [0.1, 0.15) is 18.4 Å². The van der Waals surface area contributed by atoms with Crippen molar-refractivity contribution < 1.29 is 19.4 Å². The summed E-state index contributed by atoms with van der Waals surface area (Å²) >= 11 is 0. The van der Waals surface area contributed by atoms with Gasteiger partial charge in [-0.1, -0.05) is 30.3 Å². The highest BCUT2D eigenvalue weighted by molar-refractivity contribution is 5.78. The van der Waals surface area contributed by atoms with E-state index in [1.807, 2.05) is 36.1 Å². The summed E-state index contributed by atoms with van der Waals surface area (Å²) in [7, 11) is 0. The number of rotatable bonds is 6. The van der Waals surface area contributed by atoms with Crippen molar-refractivity contribution >= 4 is 5.91 Å². The first-order valence-electron chi connectivity index (χ1n) is 9.00. The van der Waals surface area contributed by atoms with E-state index in [4.69, 9.17) is 9.47 Å². The summed E-state index contributed by atoms with van der Waals surface area (Å²) < 4.78 is 11.4. The Morgan fingerprint density at radius 3 is 2.62 bits per heavy atom. The molecule has 1 atom stereocenters.